The van der Waals surface area contributed by atoms with Gasteiger partial charge in [-0.3, -0.25) is 4.79 Å². The lowest BCUT2D eigenvalue weighted by molar-refractivity contribution is -0.113. The molecule has 1 amide bonds. The molecule has 0 fully saturated rings. The predicted octanol–water partition coefficient (Wildman–Crippen LogP) is 3.38. The minimum absolute atomic E-state index is 0.00683. The van der Waals surface area contributed by atoms with Gasteiger partial charge in [-0.15, -0.1) is 11.6 Å². The van der Waals surface area contributed by atoms with Crippen LogP contribution < -0.4 is 5.32 Å². The maximum atomic E-state index is 11.0. The van der Waals surface area contributed by atoms with E-state index in [0.717, 1.165) is 12.1 Å². The van der Waals surface area contributed by atoms with E-state index in [2.05, 4.69) is 19.2 Å². The Morgan fingerprint density at radius 2 is 2.00 bits per heavy atom. The molecular weight excluding hydrogens is 210 g/mol. The van der Waals surface area contributed by atoms with Gasteiger partial charge < -0.3 is 5.32 Å². The van der Waals surface area contributed by atoms with Gasteiger partial charge in [0.2, 0.25) is 5.91 Å². The fraction of sp³-hybridized carbons (Fsp3) is 0.417. The molecule has 0 radical (unpaired) electrons. The molecule has 0 spiro atoms. The highest BCUT2D eigenvalue weighted by molar-refractivity contribution is 6.29. The molecule has 0 bridgehead atoms. The molecule has 0 heterocycles. The van der Waals surface area contributed by atoms with Crippen molar-refractivity contribution in [1.29, 1.82) is 0 Å². The Morgan fingerprint density at radius 3 is 2.47 bits per heavy atom. The van der Waals surface area contributed by atoms with Crippen molar-refractivity contribution < 1.29 is 4.79 Å². The molecule has 0 aliphatic carbocycles. The Bertz CT molecular complexity index is 321. The number of rotatable bonds is 4. The molecule has 0 saturated heterocycles. The number of carbonyl (C=O) groups is 1. The van der Waals surface area contributed by atoms with E-state index < -0.39 is 0 Å². The standard InChI is InChI=1S/C12H16ClNO/c1-3-9(2)10-4-6-11(7-5-10)14-12(15)8-13/h4-7,9H,3,8H2,1-2H3,(H,14,15)/t9-/m1/s1. The number of anilines is 1. The summed E-state index contributed by atoms with van der Waals surface area (Å²) in [5, 5.41) is 2.70. The van der Waals surface area contributed by atoms with Gasteiger partial charge in [0.15, 0.2) is 0 Å². The summed E-state index contributed by atoms with van der Waals surface area (Å²) < 4.78 is 0. The van der Waals surface area contributed by atoms with Crippen molar-refractivity contribution in [3.8, 4) is 0 Å². The van der Waals surface area contributed by atoms with E-state index in [0.29, 0.717) is 5.92 Å². The fourth-order valence-corrected chi connectivity index (χ4v) is 1.39. The molecule has 1 aromatic carbocycles. The third kappa shape index (κ3) is 3.56. The molecule has 0 saturated carbocycles. The number of nitrogens with one attached hydrogen (secondary N) is 1. The van der Waals surface area contributed by atoms with Gasteiger partial charge in [-0.1, -0.05) is 26.0 Å². The van der Waals surface area contributed by atoms with Crippen molar-refractivity contribution in [3.05, 3.63) is 29.8 Å². The van der Waals surface area contributed by atoms with Gasteiger partial charge in [0.1, 0.15) is 5.88 Å². The van der Waals surface area contributed by atoms with Crippen LogP contribution in [-0.4, -0.2) is 11.8 Å². The second kappa shape index (κ2) is 5.76. The van der Waals surface area contributed by atoms with E-state index in [1.54, 1.807) is 0 Å². The molecular formula is C12H16ClNO. The Kier molecular flexibility index (Phi) is 4.63. The molecule has 15 heavy (non-hydrogen) atoms. The molecule has 82 valence electrons. The highest BCUT2D eigenvalue weighted by Crippen LogP contribution is 2.20. The molecule has 0 unspecified atom stereocenters. The quantitative estimate of drug-likeness (QED) is 0.783. The number of hydrogen-bond donors (Lipinski definition) is 1. The number of carbonyl (C=O) groups excluding carboxylic acids is 1. The molecule has 2 nitrogen and oxygen atoms in total. The van der Waals surface area contributed by atoms with Crippen LogP contribution in [-0.2, 0) is 4.79 Å². The lowest BCUT2D eigenvalue weighted by Gasteiger charge is -2.09. The van der Waals surface area contributed by atoms with Gasteiger partial charge in [-0.2, -0.15) is 0 Å². The summed E-state index contributed by atoms with van der Waals surface area (Å²) in [7, 11) is 0. The van der Waals surface area contributed by atoms with E-state index >= 15 is 0 Å². The summed E-state index contributed by atoms with van der Waals surface area (Å²) in [6.45, 7) is 4.35. The Morgan fingerprint density at radius 1 is 1.40 bits per heavy atom. The second-order valence-electron chi connectivity index (χ2n) is 3.61. The average Bonchev–Trinajstić information content (AvgIpc) is 2.29. The lowest BCUT2D eigenvalue weighted by Crippen LogP contribution is -2.12. The first kappa shape index (κ1) is 12.1. The van der Waals surface area contributed by atoms with Gasteiger partial charge in [0.25, 0.3) is 0 Å². The molecule has 0 aromatic heterocycles. The number of halogens is 1. The van der Waals surface area contributed by atoms with Gasteiger partial charge >= 0.3 is 0 Å². The first-order valence-electron chi connectivity index (χ1n) is 5.13. The summed E-state index contributed by atoms with van der Waals surface area (Å²) in [6.07, 6.45) is 1.12. The Labute approximate surface area is 95.6 Å². The third-order valence-electron chi connectivity index (χ3n) is 2.50. The van der Waals surface area contributed by atoms with Crippen LogP contribution in [0.5, 0.6) is 0 Å². The predicted molar refractivity (Wildman–Crippen MR) is 64.5 cm³/mol. The number of alkyl halides is 1. The van der Waals surface area contributed by atoms with Crippen molar-refractivity contribution in [2.24, 2.45) is 0 Å². The highest BCUT2D eigenvalue weighted by atomic mass is 35.5. The highest BCUT2D eigenvalue weighted by Gasteiger charge is 2.03. The average molecular weight is 226 g/mol. The number of hydrogen-bond acceptors (Lipinski definition) is 1. The summed E-state index contributed by atoms with van der Waals surface area (Å²) in [5.74, 6) is 0.378. The van der Waals surface area contributed by atoms with Gasteiger partial charge in [0, 0.05) is 5.69 Å². The van der Waals surface area contributed by atoms with Crippen molar-refractivity contribution in [2.75, 3.05) is 11.2 Å². The van der Waals surface area contributed by atoms with Gasteiger partial charge in [-0.25, -0.2) is 0 Å². The van der Waals surface area contributed by atoms with Crippen LogP contribution in [0.2, 0.25) is 0 Å². The summed E-state index contributed by atoms with van der Waals surface area (Å²) in [5.41, 5.74) is 2.09. The maximum absolute atomic E-state index is 11.0. The summed E-state index contributed by atoms with van der Waals surface area (Å²) in [4.78, 5) is 11.0. The van der Waals surface area contributed by atoms with Crippen molar-refractivity contribution in [2.45, 2.75) is 26.2 Å². The SMILES string of the molecule is CC[C@@H](C)c1ccc(NC(=O)CCl)cc1. The van der Waals surface area contributed by atoms with E-state index in [9.17, 15) is 4.79 Å². The lowest BCUT2D eigenvalue weighted by atomic mass is 9.99. The van der Waals surface area contributed by atoms with Crippen LogP contribution in [0.3, 0.4) is 0 Å². The van der Waals surface area contributed by atoms with Crippen LogP contribution in [0.25, 0.3) is 0 Å². The molecule has 1 N–H and O–H groups in total. The summed E-state index contributed by atoms with van der Waals surface area (Å²) in [6, 6.07) is 7.90. The first-order chi connectivity index (χ1) is 7.17. The third-order valence-corrected chi connectivity index (χ3v) is 2.74. The van der Waals surface area contributed by atoms with Crippen LogP contribution in [0, 0.1) is 0 Å². The molecule has 0 aliphatic rings. The Hall–Kier alpha value is -1.02. The van der Waals surface area contributed by atoms with Crippen molar-refractivity contribution in [3.63, 3.8) is 0 Å². The Balaban J connectivity index is 2.68. The molecule has 1 aromatic rings. The van der Waals surface area contributed by atoms with E-state index in [1.807, 2.05) is 24.3 Å². The minimum atomic E-state index is -0.173. The van der Waals surface area contributed by atoms with E-state index in [1.165, 1.54) is 5.56 Å². The number of amides is 1. The number of benzene rings is 1. The van der Waals surface area contributed by atoms with Crippen LogP contribution >= 0.6 is 11.6 Å². The van der Waals surface area contributed by atoms with Gasteiger partial charge in [0.05, 0.1) is 0 Å². The van der Waals surface area contributed by atoms with Crippen LogP contribution in [0.4, 0.5) is 5.69 Å². The fourth-order valence-electron chi connectivity index (χ4n) is 1.33. The molecule has 0 aliphatic heterocycles. The molecule has 3 heteroatoms. The maximum Gasteiger partial charge on any atom is 0.239 e. The normalized spacial score (nSPS) is 12.2. The monoisotopic (exact) mass is 225 g/mol. The van der Waals surface area contributed by atoms with E-state index in [4.69, 9.17) is 11.6 Å². The minimum Gasteiger partial charge on any atom is -0.325 e. The van der Waals surface area contributed by atoms with Crippen molar-refractivity contribution in [1.82, 2.24) is 0 Å². The smallest absolute Gasteiger partial charge is 0.239 e. The first-order valence-corrected chi connectivity index (χ1v) is 5.66. The van der Waals surface area contributed by atoms with Crippen LogP contribution in [0.1, 0.15) is 31.7 Å². The second-order valence-corrected chi connectivity index (χ2v) is 3.88. The topological polar surface area (TPSA) is 29.1 Å². The van der Waals surface area contributed by atoms with Crippen LogP contribution in [0.15, 0.2) is 24.3 Å². The molecule has 1 atom stereocenters. The van der Waals surface area contributed by atoms with E-state index in [-0.39, 0.29) is 11.8 Å². The zero-order chi connectivity index (χ0) is 11.3. The summed E-state index contributed by atoms with van der Waals surface area (Å²) >= 11 is 5.39. The zero-order valence-electron chi connectivity index (χ0n) is 9.09. The zero-order valence-corrected chi connectivity index (χ0v) is 9.84. The van der Waals surface area contributed by atoms with Crippen molar-refractivity contribution >= 4 is 23.2 Å². The largest absolute Gasteiger partial charge is 0.325 e. The molecule has 1 rings (SSSR count). The van der Waals surface area contributed by atoms with Gasteiger partial charge in [-0.05, 0) is 30.0 Å².